The van der Waals surface area contributed by atoms with E-state index in [1.807, 2.05) is 20.8 Å². The van der Waals surface area contributed by atoms with Gasteiger partial charge in [-0.15, -0.1) is 0 Å². The number of ether oxygens (including phenoxy) is 1. The van der Waals surface area contributed by atoms with E-state index in [0.717, 1.165) is 0 Å². The zero-order valence-corrected chi connectivity index (χ0v) is 14.0. The molecular weight excluding hydrogens is 299 g/mol. The maximum atomic E-state index is 14.0. The second-order valence-corrected chi connectivity index (χ2v) is 6.83. The molecule has 0 aliphatic carbocycles. The van der Waals surface area contributed by atoms with Crippen LogP contribution < -0.4 is 0 Å². The minimum Gasteiger partial charge on any atom is -0.444 e. The smallest absolute Gasteiger partial charge is 0.410 e. The highest BCUT2D eigenvalue weighted by atomic mass is 19.1. The summed E-state index contributed by atoms with van der Waals surface area (Å²) in [5.41, 5.74) is 0.681. The van der Waals surface area contributed by atoms with E-state index in [1.54, 1.807) is 17.0 Å². The number of carbonyl (C=O) groups is 1. The van der Waals surface area contributed by atoms with Crippen LogP contribution >= 0.6 is 0 Å². The lowest BCUT2D eigenvalue weighted by atomic mass is 10.1. The van der Waals surface area contributed by atoms with Gasteiger partial charge in [0, 0.05) is 38.3 Å². The third-order valence-corrected chi connectivity index (χ3v) is 3.72. The molecule has 1 aromatic carbocycles. The number of nitrogens with zero attached hydrogens (tertiary/aromatic N) is 2. The second kappa shape index (κ2) is 7.27. The lowest BCUT2D eigenvalue weighted by Gasteiger charge is -2.35. The van der Waals surface area contributed by atoms with E-state index in [0.29, 0.717) is 43.9 Å². The van der Waals surface area contributed by atoms with Gasteiger partial charge in [-0.2, -0.15) is 0 Å². The molecule has 0 saturated carbocycles. The minimum absolute atomic E-state index is 0.161. The lowest BCUT2D eigenvalue weighted by molar-refractivity contribution is 0.0138. The molecular formula is C17H25FN2O3. The monoisotopic (exact) mass is 324 g/mol. The fourth-order valence-electron chi connectivity index (χ4n) is 2.47. The van der Waals surface area contributed by atoms with Crippen molar-refractivity contribution < 1.29 is 19.0 Å². The number of piperazine rings is 1. The van der Waals surface area contributed by atoms with Crippen LogP contribution in [0.15, 0.2) is 18.2 Å². The van der Waals surface area contributed by atoms with E-state index in [2.05, 4.69) is 4.90 Å². The fourth-order valence-corrected chi connectivity index (χ4v) is 2.47. The molecule has 2 rings (SSSR count). The van der Waals surface area contributed by atoms with Crippen LogP contribution in [0.1, 0.15) is 31.9 Å². The first kappa shape index (κ1) is 17.7. The van der Waals surface area contributed by atoms with Crippen molar-refractivity contribution in [1.29, 1.82) is 0 Å². The number of halogens is 1. The van der Waals surface area contributed by atoms with Crippen molar-refractivity contribution in [1.82, 2.24) is 9.80 Å². The first-order chi connectivity index (χ1) is 10.8. The number of rotatable bonds is 3. The van der Waals surface area contributed by atoms with Gasteiger partial charge in [0.15, 0.2) is 0 Å². The summed E-state index contributed by atoms with van der Waals surface area (Å²) in [6.45, 7) is 8.39. The van der Waals surface area contributed by atoms with Crippen LogP contribution in [0.25, 0.3) is 0 Å². The summed E-state index contributed by atoms with van der Waals surface area (Å²) >= 11 is 0. The molecule has 1 aromatic rings. The third kappa shape index (κ3) is 5.18. The van der Waals surface area contributed by atoms with Gasteiger partial charge >= 0.3 is 6.09 Å². The second-order valence-electron chi connectivity index (χ2n) is 6.83. The zero-order valence-electron chi connectivity index (χ0n) is 14.0. The Morgan fingerprint density at radius 2 is 1.91 bits per heavy atom. The Morgan fingerprint density at radius 1 is 1.26 bits per heavy atom. The summed E-state index contributed by atoms with van der Waals surface area (Å²) in [5, 5.41) is 9.01. The molecule has 1 aliphatic rings. The molecule has 0 spiro atoms. The Hall–Kier alpha value is -1.66. The van der Waals surface area contributed by atoms with Crippen molar-refractivity contribution in [3.63, 3.8) is 0 Å². The standard InChI is InChI=1S/C17H25FN2O3/c1-17(2,3)23-16(22)20-8-6-19(7-9-20)11-14-5-4-13(12-21)10-15(14)18/h4-5,10,21H,6-9,11-12H2,1-3H3. The molecule has 0 aromatic heterocycles. The van der Waals surface area contributed by atoms with Crippen LogP contribution in [-0.4, -0.2) is 52.8 Å². The van der Waals surface area contributed by atoms with E-state index in [1.165, 1.54) is 6.07 Å². The normalized spacial score (nSPS) is 16.5. The molecule has 1 aliphatic heterocycles. The highest BCUT2D eigenvalue weighted by molar-refractivity contribution is 5.68. The van der Waals surface area contributed by atoms with Crippen LogP contribution in [0.4, 0.5) is 9.18 Å². The number of hydrogen-bond donors (Lipinski definition) is 1. The topological polar surface area (TPSA) is 53.0 Å². The summed E-state index contributed by atoms with van der Waals surface area (Å²) in [4.78, 5) is 15.8. The maximum absolute atomic E-state index is 14.0. The summed E-state index contributed by atoms with van der Waals surface area (Å²) in [5.74, 6) is -0.300. The van der Waals surface area contributed by atoms with Crippen molar-refractivity contribution in [2.45, 2.75) is 39.5 Å². The highest BCUT2D eigenvalue weighted by Gasteiger charge is 2.26. The first-order valence-electron chi connectivity index (χ1n) is 7.87. The van der Waals surface area contributed by atoms with Gasteiger partial charge in [0.05, 0.1) is 6.61 Å². The minimum atomic E-state index is -0.494. The molecule has 6 heteroatoms. The number of hydrogen-bond acceptors (Lipinski definition) is 4. The van der Waals surface area contributed by atoms with Crippen LogP contribution in [0, 0.1) is 5.82 Å². The molecule has 1 heterocycles. The number of carbonyl (C=O) groups excluding carboxylic acids is 1. The van der Waals surface area contributed by atoms with Gasteiger partial charge in [0.25, 0.3) is 0 Å². The largest absolute Gasteiger partial charge is 0.444 e. The highest BCUT2D eigenvalue weighted by Crippen LogP contribution is 2.16. The van der Waals surface area contributed by atoms with Gasteiger partial charge in [-0.3, -0.25) is 4.90 Å². The number of aliphatic hydroxyl groups is 1. The Morgan fingerprint density at radius 3 is 2.43 bits per heavy atom. The summed E-state index contributed by atoms with van der Waals surface area (Å²) in [6.07, 6.45) is -0.296. The Bertz CT molecular complexity index is 549. The molecule has 0 bridgehead atoms. The van der Waals surface area contributed by atoms with E-state index in [4.69, 9.17) is 9.84 Å². The molecule has 128 valence electrons. The summed E-state index contributed by atoms with van der Waals surface area (Å²) < 4.78 is 19.3. The van der Waals surface area contributed by atoms with Crippen molar-refractivity contribution in [3.8, 4) is 0 Å². The number of amides is 1. The molecule has 1 N–H and O–H groups in total. The van der Waals surface area contributed by atoms with E-state index < -0.39 is 5.60 Å². The fraction of sp³-hybridized carbons (Fsp3) is 0.588. The average molecular weight is 324 g/mol. The first-order valence-corrected chi connectivity index (χ1v) is 7.87. The van der Waals surface area contributed by atoms with Gasteiger partial charge in [-0.05, 0) is 32.4 Å². The van der Waals surface area contributed by atoms with E-state index in [-0.39, 0.29) is 18.5 Å². The molecule has 1 saturated heterocycles. The zero-order chi connectivity index (χ0) is 17.0. The lowest BCUT2D eigenvalue weighted by Crippen LogP contribution is -2.49. The SMILES string of the molecule is CC(C)(C)OC(=O)N1CCN(Cc2ccc(CO)cc2F)CC1. The summed E-state index contributed by atoms with van der Waals surface area (Å²) in [7, 11) is 0. The van der Waals surface area contributed by atoms with Crippen molar-refractivity contribution in [2.75, 3.05) is 26.2 Å². The van der Waals surface area contributed by atoms with E-state index in [9.17, 15) is 9.18 Å². The molecule has 23 heavy (non-hydrogen) atoms. The summed E-state index contributed by atoms with van der Waals surface area (Å²) in [6, 6.07) is 4.81. The number of benzene rings is 1. The third-order valence-electron chi connectivity index (χ3n) is 3.72. The van der Waals surface area contributed by atoms with Gasteiger partial charge in [-0.25, -0.2) is 9.18 Å². The van der Waals surface area contributed by atoms with Gasteiger partial charge < -0.3 is 14.7 Å². The number of aliphatic hydroxyl groups excluding tert-OH is 1. The van der Waals surface area contributed by atoms with Gasteiger partial charge in [-0.1, -0.05) is 12.1 Å². The van der Waals surface area contributed by atoms with Crippen LogP contribution in [0.5, 0.6) is 0 Å². The average Bonchev–Trinajstić information content (AvgIpc) is 2.48. The predicted molar refractivity (Wildman–Crippen MR) is 85.4 cm³/mol. The van der Waals surface area contributed by atoms with Crippen molar-refractivity contribution in [3.05, 3.63) is 35.1 Å². The van der Waals surface area contributed by atoms with Crippen molar-refractivity contribution in [2.24, 2.45) is 0 Å². The van der Waals surface area contributed by atoms with Gasteiger partial charge in [0.1, 0.15) is 11.4 Å². The van der Waals surface area contributed by atoms with E-state index >= 15 is 0 Å². The molecule has 0 radical (unpaired) electrons. The Labute approximate surface area is 136 Å². The van der Waals surface area contributed by atoms with Crippen molar-refractivity contribution >= 4 is 6.09 Å². The maximum Gasteiger partial charge on any atom is 0.410 e. The predicted octanol–water partition coefficient (Wildman–Crippen LogP) is 2.37. The Balaban J connectivity index is 1.86. The molecule has 1 fully saturated rings. The molecule has 5 nitrogen and oxygen atoms in total. The molecule has 0 unspecified atom stereocenters. The quantitative estimate of drug-likeness (QED) is 0.927. The molecule has 0 atom stereocenters. The molecule has 1 amide bonds. The van der Waals surface area contributed by atoms with Crippen LogP contribution in [0.3, 0.4) is 0 Å². The Kier molecular flexibility index (Phi) is 5.59. The van der Waals surface area contributed by atoms with Gasteiger partial charge in [0.2, 0.25) is 0 Å². The van der Waals surface area contributed by atoms with Crippen LogP contribution in [-0.2, 0) is 17.9 Å². The van der Waals surface area contributed by atoms with Crippen LogP contribution in [0.2, 0.25) is 0 Å².